The molecule has 0 saturated heterocycles. The molecule has 0 fully saturated rings. The zero-order chi connectivity index (χ0) is 22.7. The van der Waals surface area contributed by atoms with Crippen LogP contribution in [0.3, 0.4) is 0 Å². The Morgan fingerprint density at radius 2 is 1.77 bits per heavy atom. The van der Waals surface area contributed by atoms with Gasteiger partial charge in [0.15, 0.2) is 6.10 Å². The summed E-state index contributed by atoms with van der Waals surface area (Å²) in [5.41, 5.74) is 3.45. The predicted octanol–water partition coefficient (Wildman–Crippen LogP) is 4.03. The third-order valence-corrected chi connectivity index (χ3v) is 5.16. The van der Waals surface area contributed by atoms with Crippen LogP contribution >= 0.6 is 0 Å². The van der Waals surface area contributed by atoms with Gasteiger partial charge in [-0.25, -0.2) is 9.78 Å². The highest BCUT2D eigenvalue weighted by atomic mass is 16.5. The van der Waals surface area contributed by atoms with E-state index in [2.05, 4.69) is 24.1 Å². The van der Waals surface area contributed by atoms with Crippen molar-refractivity contribution < 1.29 is 14.3 Å². The summed E-state index contributed by atoms with van der Waals surface area (Å²) in [6, 6.07) is 12.4. The number of anilines is 1. The third kappa shape index (κ3) is 4.82. The Kier molecular flexibility index (Phi) is 6.53. The third-order valence-electron chi connectivity index (χ3n) is 5.16. The minimum Gasteiger partial charge on any atom is -0.449 e. The van der Waals surface area contributed by atoms with Crippen molar-refractivity contribution in [1.82, 2.24) is 9.55 Å². The van der Waals surface area contributed by atoms with E-state index >= 15 is 0 Å². The lowest BCUT2D eigenvalue weighted by atomic mass is 10.0. The first kappa shape index (κ1) is 22.2. The molecule has 7 nitrogen and oxygen atoms in total. The molecule has 0 aliphatic carbocycles. The van der Waals surface area contributed by atoms with E-state index in [1.165, 1.54) is 12.5 Å². The Bertz CT molecular complexity index is 1180. The number of benzene rings is 2. The number of amides is 1. The van der Waals surface area contributed by atoms with E-state index in [4.69, 9.17) is 4.74 Å². The number of rotatable bonds is 6. The monoisotopic (exact) mass is 421 g/mol. The van der Waals surface area contributed by atoms with E-state index in [9.17, 15) is 14.4 Å². The van der Waals surface area contributed by atoms with Gasteiger partial charge in [0.25, 0.3) is 11.5 Å². The smallest absolute Gasteiger partial charge is 0.338 e. The van der Waals surface area contributed by atoms with Gasteiger partial charge < -0.3 is 14.6 Å². The number of nitrogens with zero attached hydrogens (tertiary/aromatic N) is 2. The van der Waals surface area contributed by atoms with Crippen LogP contribution in [0.5, 0.6) is 0 Å². The predicted molar refractivity (Wildman–Crippen MR) is 120 cm³/mol. The summed E-state index contributed by atoms with van der Waals surface area (Å²) in [4.78, 5) is 41.5. The number of carbonyl (C=O) groups excluding carboxylic acids is 2. The molecule has 0 aliphatic rings. The summed E-state index contributed by atoms with van der Waals surface area (Å²) >= 11 is 0. The molecule has 1 N–H and O–H groups in total. The standard InChI is InChI=1S/C24H27N3O4/c1-6-27-21-12-9-18(13-20(21)25-15(4)23(27)29)24(30)31-16(5)22(28)26-19-10-7-17(8-11-19)14(2)3/h7-14,16H,6H2,1-5H3,(H,26,28)/t16-/m0/s1. The molecule has 0 aliphatic heterocycles. The molecule has 1 aromatic heterocycles. The van der Waals surface area contributed by atoms with Crippen LogP contribution in [0, 0.1) is 6.92 Å². The van der Waals surface area contributed by atoms with Crippen molar-refractivity contribution in [1.29, 1.82) is 0 Å². The van der Waals surface area contributed by atoms with Gasteiger partial charge in [-0.1, -0.05) is 26.0 Å². The SMILES string of the molecule is CCn1c(=O)c(C)nc2cc(C(=O)O[C@@H](C)C(=O)Nc3ccc(C(C)C)cc3)ccc21. The van der Waals surface area contributed by atoms with E-state index in [0.29, 0.717) is 34.9 Å². The maximum absolute atomic E-state index is 12.6. The number of aromatic nitrogens is 2. The topological polar surface area (TPSA) is 90.3 Å². The zero-order valence-corrected chi connectivity index (χ0v) is 18.4. The van der Waals surface area contributed by atoms with Crippen LogP contribution in [-0.2, 0) is 16.1 Å². The molecule has 2 aromatic carbocycles. The van der Waals surface area contributed by atoms with E-state index in [1.54, 1.807) is 29.7 Å². The van der Waals surface area contributed by atoms with Gasteiger partial charge in [0, 0.05) is 12.2 Å². The highest BCUT2D eigenvalue weighted by Gasteiger charge is 2.20. The number of aryl methyl sites for hydroxylation is 2. The molecule has 31 heavy (non-hydrogen) atoms. The highest BCUT2D eigenvalue weighted by molar-refractivity contribution is 5.98. The average molecular weight is 421 g/mol. The largest absolute Gasteiger partial charge is 0.449 e. The molecule has 1 atom stereocenters. The van der Waals surface area contributed by atoms with Crippen molar-refractivity contribution >= 4 is 28.6 Å². The van der Waals surface area contributed by atoms with E-state index in [1.807, 2.05) is 31.2 Å². The van der Waals surface area contributed by atoms with Crippen LogP contribution in [0.1, 0.15) is 55.2 Å². The normalized spacial score (nSPS) is 12.1. The second-order valence-electron chi connectivity index (χ2n) is 7.76. The Labute approximate surface area is 181 Å². The first-order chi connectivity index (χ1) is 14.7. The molecule has 0 spiro atoms. The number of esters is 1. The molecular formula is C24H27N3O4. The fourth-order valence-electron chi connectivity index (χ4n) is 3.29. The highest BCUT2D eigenvalue weighted by Crippen LogP contribution is 2.18. The van der Waals surface area contributed by atoms with E-state index < -0.39 is 18.0 Å². The van der Waals surface area contributed by atoms with Crippen molar-refractivity contribution in [2.45, 2.75) is 53.2 Å². The quantitative estimate of drug-likeness (QED) is 0.607. The minimum atomic E-state index is -0.979. The van der Waals surface area contributed by atoms with E-state index in [-0.39, 0.29) is 11.1 Å². The summed E-state index contributed by atoms with van der Waals surface area (Å²) in [6.07, 6.45) is -0.979. The second-order valence-corrected chi connectivity index (χ2v) is 7.76. The molecule has 7 heteroatoms. The van der Waals surface area contributed by atoms with Crippen molar-refractivity contribution in [3.8, 4) is 0 Å². The van der Waals surface area contributed by atoms with Gasteiger partial charge in [-0.2, -0.15) is 0 Å². The van der Waals surface area contributed by atoms with Gasteiger partial charge in [-0.05, 0) is 62.6 Å². The molecular weight excluding hydrogens is 394 g/mol. The molecule has 1 amide bonds. The summed E-state index contributed by atoms with van der Waals surface area (Å²) in [5.74, 6) is -0.648. The van der Waals surface area contributed by atoms with Crippen LogP contribution in [0.15, 0.2) is 47.3 Å². The van der Waals surface area contributed by atoms with Crippen LogP contribution in [0.25, 0.3) is 11.0 Å². The molecule has 3 rings (SSSR count). The number of hydrogen-bond donors (Lipinski definition) is 1. The van der Waals surface area contributed by atoms with Crippen LogP contribution in [-0.4, -0.2) is 27.5 Å². The van der Waals surface area contributed by atoms with Crippen molar-refractivity contribution in [3.63, 3.8) is 0 Å². The Morgan fingerprint density at radius 3 is 2.39 bits per heavy atom. The summed E-state index contributed by atoms with van der Waals surface area (Å²) in [6.45, 7) is 9.73. The van der Waals surface area contributed by atoms with Gasteiger partial charge in [-0.3, -0.25) is 9.59 Å². The maximum Gasteiger partial charge on any atom is 0.338 e. The molecule has 0 bridgehead atoms. The van der Waals surface area contributed by atoms with E-state index in [0.717, 1.165) is 0 Å². The number of ether oxygens (including phenoxy) is 1. The van der Waals surface area contributed by atoms with Crippen LogP contribution in [0.4, 0.5) is 5.69 Å². The van der Waals surface area contributed by atoms with Crippen LogP contribution < -0.4 is 10.9 Å². The van der Waals surface area contributed by atoms with Gasteiger partial charge in [0.05, 0.1) is 16.6 Å². The average Bonchev–Trinajstić information content (AvgIpc) is 2.74. The number of hydrogen-bond acceptors (Lipinski definition) is 5. The van der Waals surface area contributed by atoms with Crippen molar-refractivity contribution in [3.05, 3.63) is 69.6 Å². The summed E-state index contributed by atoms with van der Waals surface area (Å²) in [7, 11) is 0. The Morgan fingerprint density at radius 1 is 1.10 bits per heavy atom. The fourth-order valence-corrected chi connectivity index (χ4v) is 3.29. The number of nitrogens with one attached hydrogen (secondary N) is 1. The van der Waals surface area contributed by atoms with Gasteiger partial charge >= 0.3 is 5.97 Å². The van der Waals surface area contributed by atoms with Crippen molar-refractivity contribution in [2.75, 3.05) is 5.32 Å². The number of carbonyl (C=O) groups is 2. The first-order valence-corrected chi connectivity index (χ1v) is 10.3. The lowest BCUT2D eigenvalue weighted by Crippen LogP contribution is -2.30. The molecule has 0 unspecified atom stereocenters. The molecule has 162 valence electrons. The summed E-state index contributed by atoms with van der Waals surface area (Å²) < 4.78 is 6.95. The Balaban J connectivity index is 1.72. The Hall–Kier alpha value is -3.48. The maximum atomic E-state index is 12.6. The van der Waals surface area contributed by atoms with Crippen LogP contribution in [0.2, 0.25) is 0 Å². The van der Waals surface area contributed by atoms with Gasteiger partial charge in [0.2, 0.25) is 0 Å². The lowest BCUT2D eigenvalue weighted by Gasteiger charge is -2.15. The fraction of sp³-hybridized carbons (Fsp3) is 0.333. The number of fused-ring (bicyclic) bond motifs is 1. The second kappa shape index (κ2) is 9.12. The minimum absolute atomic E-state index is 0.156. The van der Waals surface area contributed by atoms with Gasteiger partial charge in [0.1, 0.15) is 5.69 Å². The molecule has 3 aromatic rings. The lowest BCUT2D eigenvalue weighted by molar-refractivity contribution is -0.123. The zero-order valence-electron chi connectivity index (χ0n) is 18.4. The molecule has 0 saturated carbocycles. The van der Waals surface area contributed by atoms with Gasteiger partial charge in [-0.15, -0.1) is 0 Å². The first-order valence-electron chi connectivity index (χ1n) is 10.3. The van der Waals surface area contributed by atoms with Crippen molar-refractivity contribution in [2.24, 2.45) is 0 Å². The molecule has 0 radical (unpaired) electrons. The summed E-state index contributed by atoms with van der Waals surface area (Å²) in [5, 5.41) is 2.76. The molecule has 1 heterocycles.